The predicted molar refractivity (Wildman–Crippen MR) is 79.8 cm³/mol. The number of carboxylic acids is 1. The molecule has 0 saturated heterocycles. The molecule has 1 aromatic rings. The van der Waals surface area contributed by atoms with Gasteiger partial charge in [0, 0.05) is 7.11 Å². The molecule has 1 rings (SSSR count). The molecule has 5 heteroatoms. The zero-order valence-corrected chi connectivity index (χ0v) is 13.1. The van der Waals surface area contributed by atoms with Gasteiger partial charge in [0.2, 0.25) is 0 Å². The molecule has 1 aromatic carbocycles. The first-order valence-electron chi connectivity index (χ1n) is 6.76. The highest BCUT2D eigenvalue weighted by atomic mass is 16.5. The van der Waals surface area contributed by atoms with Crippen LogP contribution in [0.4, 0.5) is 0 Å². The number of hydrogen-bond acceptors (Lipinski definition) is 3. The fourth-order valence-electron chi connectivity index (χ4n) is 1.82. The second-order valence-corrected chi connectivity index (χ2v) is 6.07. The molecule has 0 spiro atoms. The van der Waals surface area contributed by atoms with Gasteiger partial charge in [0.05, 0.1) is 11.0 Å². The average molecular weight is 293 g/mol. The van der Waals surface area contributed by atoms with E-state index in [0.29, 0.717) is 0 Å². The van der Waals surface area contributed by atoms with Gasteiger partial charge in [-0.15, -0.1) is 0 Å². The lowest BCUT2D eigenvalue weighted by Gasteiger charge is -2.39. The maximum atomic E-state index is 12.4. The van der Waals surface area contributed by atoms with Gasteiger partial charge in [0.1, 0.15) is 0 Å². The van der Waals surface area contributed by atoms with Gasteiger partial charge < -0.3 is 15.2 Å². The maximum Gasteiger partial charge on any atom is 0.311 e. The van der Waals surface area contributed by atoms with Crippen molar-refractivity contribution in [2.75, 3.05) is 7.11 Å². The third-order valence-electron chi connectivity index (χ3n) is 4.11. The molecule has 0 saturated carbocycles. The maximum absolute atomic E-state index is 12.4. The molecule has 21 heavy (non-hydrogen) atoms. The van der Waals surface area contributed by atoms with Crippen LogP contribution in [-0.4, -0.2) is 29.6 Å². The van der Waals surface area contributed by atoms with Crippen molar-refractivity contribution in [2.24, 2.45) is 5.41 Å². The molecular formula is C16H23NO4. The normalized spacial score (nSPS) is 13.6. The van der Waals surface area contributed by atoms with Gasteiger partial charge in [0.25, 0.3) is 5.91 Å². The van der Waals surface area contributed by atoms with E-state index in [0.717, 1.165) is 5.56 Å². The van der Waals surface area contributed by atoms with Crippen molar-refractivity contribution in [2.45, 2.75) is 39.3 Å². The predicted octanol–water partition coefficient (Wildman–Crippen LogP) is 2.38. The Morgan fingerprint density at radius 1 is 1.14 bits per heavy atom. The monoisotopic (exact) mass is 293 g/mol. The number of carbonyl (C=O) groups excluding carboxylic acids is 1. The Hall–Kier alpha value is -1.88. The van der Waals surface area contributed by atoms with Crippen LogP contribution in [0.15, 0.2) is 30.3 Å². The lowest BCUT2D eigenvalue weighted by atomic mass is 9.74. The van der Waals surface area contributed by atoms with E-state index in [-0.39, 0.29) is 5.91 Å². The number of benzene rings is 1. The number of carbonyl (C=O) groups is 2. The zero-order valence-electron chi connectivity index (χ0n) is 13.1. The van der Waals surface area contributed by atoms with Gasteiger partial charge in [-0.25, -0.2) is 0 Å². The summed E-state index contributed by atoms with van der Waals surface area (Å²) in [6, 6.07) is 9.08. The fraction of sp³-hybridized carbons (Fsp3) is 0.500. The van der Waals surface area contributed by atoms with Gasteiger partial charge in [-0.2, -0.15) is 0 Å². The van der Waals surface area contributed by atoms with Crippen molar-refractivity contribution in [3.05, 3.63) is 35.9 Å². The standard InChI is InChI=1S/C16H23NO4/c1-15(2,14(19)20)16(3,4)17-13(18)12(21-5)11-9-7-6-8-10-11/h6-10,12H,1-5H3,(H,17,18)(H,19,20). The van der Waals surface area contributed by atoms with Gasteiger partial charge >= 0.3 is 5.97 Å². The van der Waals surface area contributed by atoms with Gasteiger partial charge in [0.15, 0.2) is 6.10 Å². The number of nitrogens with one attached hydrogen (secondary N) is 1. The van der Waals surface area contributed by atoms with E-state index in [1.807, 2.05) is 18.2 Å². The van der Waals surface area contributed by atoms with Crippen molar-refractivity contribution >= 4 is 11.9 Å². The number of rotatable bonds is 6. The Morgan fingerprint density at radius 3 is 2.10 bits per heavy atom. The van der Waals surface area contributed by atoms with Gasteiger partial charge in [-0.1, -0.05) is 30.3 Å². The highest BCUT2D eigenvalue weighted by molar-refractivity contribution is 5.84. The molecule has 2 N–H and O–H groups in total. The Morgan fingerprint density at radius 2 is 1.67 bits per heavy atom. The Balaban J connectivity index is 2.96. The molecule has 0 bridgehead atoms. The van der Waals surface area contributed by atoms with Crippen LogP contribution in [0.25, 0.3) is 0 Å². The highest BCUT2D eigenvalue weighted by Gasteiger charge is 2.45. The molecule has 0 fully saturated rings. The molecule has 1 amide bonds. The average Bonchev–Trinajstić information content (AvgIpc) is 2.39. The zero-order chi connectivity index (χ0) is 16.3. The molecule has 1 atom stereocenters. The summed E-state index contributed by atoms with van der Waals surface area (Å²) in [5.74, 6) is -1.33. The second kappa shape index (κ2) is 6.26. The van der Waals surface area contributed by atoms with Gasteiger partial charge in [-0.3, -0.25) is 9.59 Å². The molecular weight excluding hydrogens is 270 g/mol. The van der Waals surface area contributed by atoms with Crippen molar-refractivity contribution in [1.29, 1.82) is 0 Å². The lowest BCUT2D eigenvalue weighted by Crippen LogP contribution is -2.57. The van der Waals surface area contributed by atoms with Crippen molar-refractivity contribution < 1.29 is 19.4 Å². The Bertz CT molecular complexity index is 508. The third kappa shape index (κ3) is 3.61. The summed E-state index contributed by atoms with van der Waals surface area (Å²) >= 11 is 0. The summed E-state index contributed by atoms with van der Waals surface area (Å²) in [7, 11) is 1.45. The van der Waals surface area contributed by atoms with E-state index in [4.69, 9.17) is 4.74 Å². The molecule has 116 valence electrons. The second-order valence-electron chi connectivity index (χ2n) is 6.07. The largest absolute Gasteiger partial charge is 0.481 e. The highest BCUT2D eigenvalue weighted by Crippen LogP contribution is 2.31. The number of hydrogen-bond donors (Lipinski definition) is 2. The van der Waals surface area contributed by atoms with Crippen LogP contribution in [0, 0.1) is 5.41 Å². The van der Waals surface area contributed by atoms with Crippen molar-refractivity contribution in [1.82, 2.24) is 5.32 Å². The Kier molecular flexibility index (Phi) is 5.12. The molecule has 0 radical (unpaired) electrons. The van der Waals surface area contributed by atoms with Crippen molar-refractivity contribution in [3.8, 4) is 0 Å². The molecule has 0 aromatic heterocycles. The van der Waals surface area contributed by atoms with Crippen LogP contribution in [0.3, 0.4) is 0 Å². The van der Waals surface area contributed by atoms with Crippen molar-refractivity contribution in [3.63, 3.8) is 0 Å². The summed E-state index contributed by atoms with van der Waals surface area (Å²) in [4.78, 5) is 23.8. The van der Waals surface area contributed by atoms with Gasteiger partial charge in [-0.05, 0) is 33.3 Å². The number of amides is 1. The minimum Gasteiger partial charge on any atom is -0.481 e. The topological polar surface area (TPSA) is 75.6 Å². The minimum atomic E-state index is -1.11. The van der Waals surface area contributed by atoms with E-state index in [2.05, 4.69) is 5.32 Å². The van der Waals surface area contributed by atoms with E-state index >= 15 is 0 Å². The quantitative estimate of drug-likeness (QED) is 0.844. The smallest absolute Gasteiger partial charge is 0.311 e. The number of aliphatic carboxylic acids is 1. The molecule has 1 unspecified atom stereocenters. The summed E-state index contributed by atoms with van der Waals surface area (Å²) in [5, 5.41) is 12.1. The first-order chi connectivity index (χ1) is 9.63. The first-order valence-corrected chi connectivity index (χ1v) is 6.76. The SMILES string of the molecule is COC(C(=O)NC(C)(C)C(C)(C)C(=O)O)c1ccccc1. The van der Waals surface area contributed by atoms with E-state index in [9.17, 15) is 14.7 Å². The van der Waals surface area contributed by atoms with Crippen LogP contribution >= 0.6 is 0 Å². The number of methoxy groups -OCH3 is 1. The van der Waals surface area contributed by atoms with Crippen LogP contribution in [-0.2, 0) is 14.3 Å². The molecule has 5 nitrogen and oxygen atoms in total. The number of carboxylic acid groups (broad SMARTS) is 1. The summed E-state index contributed by atoms with van der Waals surface area (Å²) in [6.07, 6.45) is -0.768. The van der Waals surface area contributed by atoms with E-state index in [1.165, 1.54) is 7.11 Å². The minimum absolute atomic E-state index is 0.358. The number of ether oxygens (including phenoxy) is 1. The third-order valence-corrected chi connectivity index (χ3v) is 4.11. The van der Waals surface area contributed by atoms with Crippen LogP contribution < -0.4 is 5.32 Å². The van der Waals surface area contributed by atoms with Crippen LogP contribution in [0.1, 0.15) is 39.4 Å². The molecule has 0 aliphatic carbocycles. The molecule has 0 aliphatic heterocycles. The fourth-order valence-corrected chi connectivity index (χ4v) is 1.82. The van der Waals surface area contributed by atoms with E-state index < -0.39 is 23.0 Å². The molecule has 0 heterocycles. The summed E-state index contributed by atoms with van der Waals surface area (Å²) in [6.45, 7) is 6.55. The Labute approximate surface area is 125 Å². The first kappa shape index (κ1) is 17.2. The summed E-state index contributed by atoms with van der Waals surface area (Å²) in [5.41, 5.74) is -1.32. The van der Waals surface area contributed by atoms with Crippen LogP contribution in [0.5, 0.6) is 0 Å². The van der Waals surface area contributed by atoms with Crippen LogP contribution in [0.2, 0.25) is 0 Å². The van der Waals surface area contributed by atoms with E-state index in [1.54, 1.807) is 39.8 Å². The molecule has 0 aliphatic rings. The summed E-state index contributed by atoms with van der Waals surface area (Å²) < 4.78 is 5.26. The lowest BCUT2D eigenvalue weighted by molar-refractivity contribution is -0.152.